The molecule has 3 rings (SSSR count). The number of benzene rings is 1. The molecule has 138 valence electrons. The summed E-state index contributed by atoms with van der Waals surface area (Å²) in [5, 5.41) is 7.21. The number of carbonyl (C=O) groups excluding carboxylic acids is 1. The number of imidazole rings is 1. The van der Waals surface area contributed by atoms with Crippen LogP contribution in [0.15, 0.2) is 30.5 Å². The van der Waals surface area contributed by atoms with Gasteiger partial charge in [0.2, 0.25) is 5.95 Å². The summed E-state index contributed by atoms with van der Waals surface area (Å²) in [4.78, 5) is 19.7. The molecule has 2 heterocycles. The van der Waals surface area contributed by atoms with Gasteiger partial charge in [-0.05, 0) is 32.1 Å². The molecule has 0 aliphatic rings. The van der Waals surface area contributed by atoms with Crippen LogP contribution in [0.3, 0.4) is 0 Å². The molecular formula is C19H26N6O. The van der Waals surface area contributed by atoms with Crippen molar-refractivity contribution in [2.45, 2.75) is 27.3 Å². The van der Waals surface area contributed by atoms with Gasteiger partial charge in [-0.15, -0.1) is 0 Å². The Labute approximate surface area is 153 Å². The Morgan fingerprint density at radius 1 is 1.23 bits per heavy atom. The quantitative estimate of drug-likeness (QED) is 0.708. The molecule has 0 bridgehead atoms. The molecule has 0 spiro atoms. The molecule has 2 aromatic heterocycles. The van der Waals surface area contributed by atoms with Gasteiger partial charge >= 0.3 is 0 Å². The molecule has 0 saturated heterocycles. The number of nitrogens with zero attached hydrogens (tertiary/aromatic N) is 5. The highest BCUT2D eigenvalue weighted by Crippen LogP contribution is 2.20. The Kier molecular flexibility index (Phi) is 5.37. The van der Waals surface area contributed by atoms with Crippen molar-refractivity contribution in [1.29, 1.82) is 0 Å². The molecular weight excluding hydrogens is 328 g/mol. The van der Waals surface area contributed by atoms with E-state index < -0.39 is 0 Å². The van der Waals surface area contributed by atoms with E-state index >= 15 is 0 Å². The number of hydrogen-bond donors (Lipinski definition) is 1. The predicted octanol–water partition coefficient (Wildman–Crippen LogP) is 2.67. The monoisotopic (exact) mass is 354 g/mol. The van der Waals surface area contributed by atoms with Crippen LogP contribution in [0.5, 0.6) is 0 Å². The van der Waals surface area contributed by atoms with Crippen molar-refractivity contribution in [3.05, 3.63) is 41.7 Å². The molecule has 3 aromatic rings. The van der Waals surface area contributed by atoms with Crippen LogP contribution in [-0.4, -0.2) is 49.8 Å². The molecule has 0 aliphatic heterocycles. The van der Waals surface area contributed by atoms with Crippen molar-refractivity contribution in [2.24, 2.45) is 7.05 Å². The molecule has 0 radical (unpaired) electrons. The number of aromatic nitrogens is 4. The van der Waals surface area contributed by atoms with E-state index in [0.717, 1.165) is 37.2 Å². The Morgan fingerprint density at radius 2 is 1.96 bits per heavy atom. The van der Waals surface area contributed by atoms with Gasteiger partial charge in [-0.25, -0.2) is 4.98 Å². The lowest BCUT2D eigenvalue weighted by Gasteiger charge is -2.19. The minimum Gasteiger partial charge on any atom is -0.309 e. The summed E-state index contributed by atoms with van der Waals surface area (Å²) in [7, 11) is 1.81. The molecule has 7 nitrogen and oxygen atoms in total. The van der Waals surface area contributed by atoms with Crippen LogP contribution < -0.4 is 5.32 Å². The van der Waals surface area contributed by atoms with Crippen LogP contribution in [0.4, 0.5) is 5.95 Å². The minimum atomic E-state index is -0.185. The Hall–Kier alpha value is -2.67. The van der Waals surface area contributed by atoms with E-state index in [-0.39, 0.29) is 5.91 Å². The maximum Gasteiger partial charge on any atom is 0.261 e. The molecule has 7 heteroatoms. The standard InChI is InChI=1S/C19H26N6O/c1-5-24(6-2)11-12-25-17-10-8-7-9-16(17)20-19(25)21-18(26)15-13-23(4)22-14(15)3/h7-10,13H,5-6,11-12H2,1-4H3,(H,20,21,26). The number of hydrogen-bond acceptors (Lipinski definition) is 4. The summed E-state index contributed by atoms with van der Waals surface area (Å²) in [6, 6.07) is 7.96. The first-order valence-electron chi connectivity index (χ1n) is 9.02. The number of likely N-dealkylation sites (N-methyl/N-ethyl adjacent to an activating group) is 1. The number of nitrogens with one attached hydrogen (secondary N) is 1. The van der Waals surface area contributed by atoms with Crippen molar-refractivity contribution < 1.29 is 4.79 Å². The van der Waals surface area contributed by atoms with E-state index in [1.165, 1.54) is 0 Å². The fraction of sp³-hybridized carbons (Fsp3) is 0.421. The third-order valence-corrected chi connectivity index (χ3v) is 4.67. The first-order valence-corrected chi connectivity index (χ1v) is 9.02. The fourth-order valence-corrected chi connectivity index (χ4v) is 3.17. The van der Waals surface area contributed by atoms with Crippen LogP contribution in [0, 0.1) is 6.92 Å². The number of aryl methyl sites for hydroxylation is 2. The number of carbonyl (C=O) groups is 1. The van der Waals surface area contributed by atoms with Crippen LogP contribution in [0.25, 0.3) is 11.0 Å². The average molecular weight is 354 g/mol. The van der Waals surface area contributed by atoms with Crippen LogP contribution in [0.1, 0.15) is 29.9 Å². The van der Waals surface area contributed by atoms with Crippen molar-refractivity contribution in [3.8, 4) is 0 Å². The summed E-state index contributed by atoms with van der Waals surface area (Å²) >= 11 is 0. The van der Waals surface area contributed by atoms with Crippen LogP contribution in [-0.2, 0) is 13.6 Å². The van der Waals surface area contributed by atoms with Gasteiger partial charge in [0.25, 0.3) is 5.91 Å². The molecule has 0 fully saturated rings. The van der Waals surface area contributed by atoms with Crippen molar-refractivity contribution in [1.82, 2.24) is 24.2 Å². The number of rotatable bonds is 7. The van der Waals surface area contributed by atoms with Gasteiger partial charge in [-0.3, -0.25) is 14.8 Å². The molecule has 0 saturated carbocycles. The molecule has 0 aliphatic carbocycles. The van der Waals surface area contributed by atoms with Crippen molar-refractivity contribution in [3.63, 3.8) is 0 Å². The first kappa shape index (κ1) is 18.1. The largest absolute Gasteiger partial charge is 0.309 e. The maximum absolute atomic E-state index is 12.7. The van der Waals surface area contributed by atoms with Gasteiger partial charge in [0.15, 0.2) is 0 Å². The van der Waals surface area contributed by atoms with Gasteiger partial charge in [0.05, 0.1) is 22.3 Å². The minimum absolute atomic E-state index is 0.185. The highest BCUT2D eigenvalue weighted by molar-refractivity contribution is 6.04. The van der Waals surface area contributed by atoms with E-state index in [1.807, 2.05) is 38.2 Å². The number of amides is 1. The average Bonchev–Trinajstić information content (AvgIpc) is 3.15. The number of fused-ring (bicyclic) bond motifs is 1. The van der Waals surface area contributed by atoms with Crippen molar-refractivity contribution >= 4 is 22.9 Å². The highest BCUT2D eigenvalue weighted by Gasteiger charge is 2.17. The lowest BCUT2D eigenvalue weighted by Crippen LogP contribution is -2.27. The van der Waals surface area contributed by atoms with Crippen LogP contribution >= 0.6 is 0 Å². The third-order valence-electron chi connectivity index (χ3n) is 4.67. The Morgan fingerprint density at radius 3 is 2.62 bits per heavy atom. The van der Waals surface area contributed by atoms with E-state index in [0.29, 0.717) is 17.2 Å². The maximum atomic E-state index is 12.7. The molecule has 26 heavy (non-hydrogen) atoms. The van der Waals surface area contributed by atoms with Gasteiger partial charge in [-0.1, -0.05) is 26.0 Å². The lowest BCUT2D eigenvalue weighted by atomic mass is 10.2. The third kappa shape index (κ3) is 3.62. The molecule has 0 atom stereocenters. The molecule has 1 aromatic carbocycles. The van der Waals surface area contributed by atoms with E-state index in [1.54, 1.807) is 10.9 Å². The molecule has 1 N–H and O–H groups in total. The zero-order valence-corrected chi connectivity index (χ0v) is 15.9. The van der Waals surface area contributed by atoms with Crippen LogP contribution in [0.2, 0.25) is 0 Å². The normalized spacial score (nSPS) is 11.4. The van der Waals surface area contributed by atoms with E-state index in [9.17, 15) is 4.79 Å². The molecule has 1 amide bonds. The van der Waals surface area contributed by atoms with E-state index in [2.05, 4.69) is 38.7 Å². The summed E-state index contributed by atoms with van der Waals surface area (Å²) in [5.41, 5.74) is 3.17. The highest BCUT2D eigenvalue weighted by atomic mass is 16.1. The zero-order valence-electron chi connectivity index (χ0n) is 15.9. The first-order chi connectivity index (χ1) is 12.5. The van der Waals surface area contributed by atoms with Gasteiger partial charge in [0.1, 0.15) is 0 Å². The predicted molar refractivity (Wildman–Crippen MR) is 103 cm³/mol. The Bertz CT molecular complexity index is 906. The summed E-state index contributed by atoms with van der Waals surface area (Å²) in [6.45, 7) is 9.82. The summed E-state index contributed by atoms with van der Waals surface area (Å²) < 4.78 is 3.73. The zero-order chi connectivity index (χ0) is 18.7. The van der Waals surface area contributed by atoms with Gasteiger partial charge < -0.3 is 9.47 Å². The van der Waals surface area contributed by atoms with Gasteiger partial charge in [0, 0.05) is 26.3 Å². The SMILES string of the molecule is CCN(CC)CCn1c(NC(=O)c2cn(C)nc2C)nc2ccccc21. The van der Waals surface area contributed by atoms with E-state index in [4.69, 9.17) is 0 Å². The summed E-state index contributed by atoms with van der Waals surface area (Å²) in [6.07, 6.45) is 1.73. The molecule has 0 unspecified atom stereocenters. The number of anilines is 1. The van der Waals surface area contributed by atoms with Crippen molar-refractivity contribution in [2.75, 3.05) is 25.0 Å². The topological polar surface area (TPSA) is 68.0 Å². The second-order valence-electron chi connectivity index (χ2n) is 6.36. The second-order valence-corrected chi connectivity index (χ2v) is 6.36. The smallest absolute Gasteiger partial charge is 0.261 e. The van der Waals surface area contributed by atoms with Gasteiger partial charge in [-0.2, -0.15) is 5.10 Å². The second kappa shape index (κ2) is 7.70. The Balaban J connectivity index is 1.90. The fourth-order valence-electron chi connectivity index (χ4n) is 3.17. The lowest BCUT2D eigenvalue weighted by molar-refractivity contribution is 0.102. The number of para-hydroxylation sites is 2. The summed E-state index contributed by atoms with van der Waals surface area (Å²) in [5.74, 6) is 0.390.